The average Bonchev–Trinajstić information content (AvgIpc) is 2.91. The van der Waals surface area contributed by atoms with E-state index < -0.39 is 5.92 Å². The second kappa shape index (κ2) is 10.9. The lowest BCUT2D eigenvalue weighted by molar-refractivity contribution is -0.116. The van der Waals surface area contributed by atoms with Gasteiger partial charge in [0, 0.05) is 27.2 Å². The molecule has 3 aromatic rings. The number of hydrogen-bond acceptors (Lipinski definition) is 5. The van der Waals surface area contributed by atoms with Crippen LogP contribution in [-0.4, -0.2) is 5.78 Å². The van der Waals surface area contributed by atoms with Gasteiger partial charge in [-0.2, -0.15) is 5.26 Å². The van der Waals surface area contributed by atoms with E-state index in [4.69, 9.17) is 22.1 Å². The second-order valence-electron chi connectivity index (χ2n) is 10.1. The predicted molar refractivity (Wildman–Crippen MR) is 159 cm³/mol. The van der Waals surface area contributed by atoms with E-state index in [-0.39, 0.29) is 5.78 Å². The van der Waals surface area contributed by atoms with Crippen molar-refractivity contribution < 1.29 is 9.53 Å². The Kier molecular flexibility index (Phi) is 7.57. The van der Waals surface area contributed by atoms with Crippen molar-refractivity contribution in [1.82, 2.24) is 0 Å². The fourth-order valence-electron chi connectivity index (χ4n) is 5.62. The summed E-state index contributed by atoms with van der Waals surface area (Å²) < 4.78 is 7.09. The summed E-state index contributed by atoms with van der Waals surface area (Å²) in [5.41, 5.74) is 14.2. The van der Waals surface area contributed by atoms with E-state index in [0.29, 0.717) is 41.4 Å². The van der Waals surface area contributed by atoms with Gasteiger partial charge in [0.2, 0.25) is 0 Å². The van der Waals surface area contributed by atoms with Crippen molar-refractivity contribution in [2.75, 3.05) is 4.90 Å². The monoisotopic (exact) mass is 601 g/mol. The number of carbonyl (C=O) groups is 1. The summed E-state index contributed by atoms with van der Waals surface area (Å²) in [7, 11) is 0. The first-order chi connectivity index (χ1) is 18.7. The highest BCUT2D eigenvalue weighted by molar-refractivity contribution is 9.10. The Bertz CT molecular complexity index is 1580. The van der Waals surface area contributed by atoms with Crippen molar-refractivity contribution in [3.8, 4) is 11.8 Å². The summed E-state index contributed by atoms with van der Waals surface area (Å²) >= 11 is 9.93. The zero-order valence-corrected chi connectivity index (χ0v) is 24.5. The van der Waals surface area contributed by atoms with Crippen LogP contribution < -0.4 is 15.4 Å². The van der Waals surface area contributed by atoms with E-state index in [1.54, 1.807) is 0 Å². The molecule has 0 spiro atoms. The van der Waals surface area contributed by atoms with Crippen LogP contribution in [0, 0.1) is 32.1 Å². The molecule has 2 N–H and O–H groups in total. The van der Waals surface area contributed by atoms with Crippen molar-refractivity contribution in [3.63, 3.8) is 0 Å². The maximum atomic E-state index is 13.6. The van der Waals surface area contributed by atoms with Crippen LogP contribution in [0.5, 0.6) is 5.75 Å². The van der Waals surface area contributed by atoms with Gasteiger partial charge in [-0.1, -0.05) is 51.3 Å². The zero-order valence-electron chi connectivity index (χ0n) is 22.1. The molecule has 1 unspecified atom stereocenters. The molecule has 0 radical (unpaired) electrons. The van der Waals surface area contributed by atoms with Crippen LogP contribution in [-0.2, 0) is 11.4 Å². The molecule has 198 valence electrons. The number of Topliss-reactive ketones (excluding diaryl/α,β-unsaturated/α-hetero) is 1. The Labute approximate surface area is 242 Å². The van der Waals surface area contributed by atoms with Crippen LogP contribution in [0.1, 0.15) is 53.0 Å². The molecule has 0 saturated heterocycles. The number of nitrogens with two attached hydrogens (primary N) is 1. The molecular weight excluding hydrogens is 574 g/mol. The zero-order chi connectivity index (χ0) is 27.8. The number of allylic oxidation sites excluding steroid dienone is 3. The molecule has 0 bridgehead atoms. The normalized spacial score (nSPS) is 17.3. The van der Waals surface area contributed by atoms with Gasteiger partial charge in [-0.3, -0.25) is 9.69 Å². The van der Waals surface area contributed by atoms with Gasteiger partial charge in [0.25, 0.3) is 0 Å². The number of halogens is 2. The Morgan fingerprint density at radius 2 is 1.85 bits per heavy atom. The molecule has 39 heavy (non-hydrogen) atoms. The maximum absolute atomic E-state index is 13.6. The number of nitrogens with zero attached hydrogens (tertiary/aromatic N) is 2. The quantitative estimate of drug-likeness (QED) is 0.321. The van der Waals surface area contributed by atoms with E-state index in [9.17, 15) is 10.1 Å². The number of aryl methyl sites for hydroxylation is 1. The van der Waals surface area contributed by atoms with Crippen molar-refractivity contribution in [2.45, 2.75) is 52.6 Å². The predicted octanol–water partition coefficient (Wildman–Crippen LogP) is 7.91. The fourth-order valence-corrected chi connectivity index (χ4v) is 6.05. The SMILES string of the molecule is Cc1cc(COc2ccc(Br)cc2)c(C)c(C2C(C#N)=C(N)N(c3cccc(Cl)c3C)C3=C2C(=O)CCC3)c1. The first-order valence-electron chi connectivity index (χ1n) is 12.9. The van der Waals surface area contributed by atoms with Crippen LogP contribution in [0.15, 0.2) is 81.7 Å². The van der Waals surface area contributed by atoms with Gasteiger partial charge in [-0.25, -0.2) is 0 Å². The summed E-state index contributed by atoms with van der Waals surface area (Å²) in [6.45, 7) is 6.34. The first kappa shape index (κ1) is 27.1. The van der Waals surface area contributed by atoms with Gasteiger partial charge in [0.05, 0.1) is 23.2 Å². The average molecular weight is 603 g/mol. The molecule has 5 rings (SSSR count). The van der Waals surface area contributed by atoms with Gasteiger partial charge < -0.3 is 10.5 Å². The molecule has 1 atom stereocenters. The fraction of sp³-hybridized carbons (Fsp3) is 0.250. The molecule has 7 heteroatoms. The summed E-state index contributed by atoms with van der Waals surface area (Å²) in [6, 6.07) is 19.9. The Morgan fingerprint density at radius 1 is 1.10 bits per heavy atom. The number of hydrogen-bond donors (Lipinski definition) is 1. The molecule has 3 aromatic carbocycles. The minimum atomic E-state index is -0.542. The van der Waals surface area contributed by atoms with Crippen LogP contribution >= 0.6 is 27.5 Å². The third-order valence-electron chi connectivity index (χ3n) is 7.61. The highest BCUT2D eigenvalue weighted by Crippen LogP contribution is 2.48. The minimum Gasteiger partial charge on any atom is -0.489 e. The molecule has 5 nitrogen and oxygen atoms in total. The van der Waals surface area contributed by atoms with Crippen molar-refractivity contribution >= 4 is 39.0 Å². The standard InChI is InChI=1S/C32H29BrClN3O2/c1-18-14-21(17-39-23-12-10-22(33)11-13-23)19(2)24(15-18)30-25(16-35)32(36)37(27-7-4-6-26(34)20(27)3)28-8-5-9-29(38)31(28)30/h4,6-7,10-15,30H,5,8-9,17,36H2,1-3H3. The van der Waals surface area contributed by atoms with Gasteiger partial charge >= 0.3 is 0 Å². The molecule has 1 heterocycles. The van der Waals surface area contributed by atoms with E-state index in [0.717, 1.165) is 55.8 Å². The number of ether oxygens (including phenoxy) is 1. The highest BCUT2D eigenvalue weighted by atomic mass is 79.9. The minimum absolute atomic E-state index is 0.0553. The van der Waals surface area contributed by atoms with Gasteiger partial charge in [0.15, 0.2) is 5.78 Å². The molecule has 0 amide bonds. The molecule has 0 fully saturated rings. The van der Waals surface area contributed by atoms with Gasteiger partial charge in [-0.15, -0.1) is 0 Å². The lowest BCUT2D eigenvalue weighted by atomic mass is 9.73. The maximum Gasteiger partial charge on any atom is 0.161 e. The molecule has 0 saturated carbocycles. The van der Waals surface area contributed by atoms with Crippen LogP contribution in [0.4, 0.5) is 5.69 Å². The van der Waals surface area contributed by atoms with Crippen LogP contribution in [0.25, 0.3) is 0 Å². The molecule has 1 aliphatic heterocycles. The topological polar surface area (TPSA) is 79.3 Å². The number of nitriles is 1. The highest BCUT2D eigenvalue weighted by Gasteiger charge is 2.41. The molecular formula is C32H29BrClN3O2. The molecule has 1 aliphatic carbocycles. The largest absolute Gasteiger partial charge is 0.489 e. The molecule has 2 aliphatic rings. The van der Waals surface area contributed by atoms with E-state index in [2.05, 4.69) is 34.1 Å². The van der Waals surface area contributed by atoms with Crippen molar-refractivity contribution in [2.24, 2.45) is 5.73 Å². The Balaban J connectivity index is 1.65. The van der Waals surface area contributed by atoms with Crippen molar-refractivity contribution in [3.05, 3.63) is 115 Å². The smallest absolute Gasteiger partial charge is 0.161 e. The lowest BCUT2D eigenvalue weighted by Crippen LogP contribution is -2.39. The second-order valence-corrected chi connectivity index (χ2v) is 11.4. The van der Waals surface area contributed by atoms with Crippen LogP contribution in [0.2, 0.25) is 5.02 Å². The Hall–Kier alpha value is -3.53. The summed E-state index contributed by atoms with van der Waals surface area (Å²) in [4.78, 5) is 15.5. The number of benzene rings is 3. The summed E-state index contributed by atoms with van der Waals surface area (Å²) in [5.74, 6) is 0.620. The molecule has 0 aromatic heterocycles. The Morgan fingerprint density at radius 3 is 2.56 bits per heavy atom. The number of ketones is 1. The number of carbonyl (C=O) groups excluding carboxylic acids is 1. The summed E-state index contributed by atoms with van der Waals surface area (Å²) in [6.07, 6.45) is 1.86. The van der Waals surface area contributed by atoms with Gasteiger partial charge in [0.1, 0.15) is 18.2 Å². The number of rotatable bonds is 5. The van der Waals surface area contributed by atoms with Crippen molar-refractivity contribution in [1.29, 1.82) is 5.26 Å². The third kappa shape index (κ3) is 4.97. The van der Waals surface area contributed by atoms with Gasteiger partial charge in [-0.05, 0) is 92.3 Å². The van der Waals surface area contributed by atoms with E-state index in [1.165, 1.54) is 0 Å². The third-order valence-corrected chi connectivity index (χ3v) is 8.55. The van der Waals surface area contributed by atoms with E-state index >= 15 is 0 Å². The summed E-state index contributed by atoms with van der Waals surface area (Å²) in [5, 5.41) is 11.1. The first-order valence-corrected chi connectivity index (χ1v) is 14.1. The van der Waals surface area contributed by atoms with Crippen LogP contribution in [0.3, 0.4) is 0 Å². The lowest BCUT2D eigenvalue weighted by Gasteiger charge is -2.40. The van der Waals surface area contributed by atoms with E-state index in [1.807, 2.05) is 68.1 Å². The number of anilines is 1.